The topological polar surface area (TPSA) is 32.3 Å². The third-order valence-corrected chi connectivity index (χ3v) is 2.70. The third-order valence-electron chi connectivity index (χ3n) is 1.55. The van der Waals surface area contributed by atoms with Crippen LogP contribution in [0.5, 0.6) is 0 Å². The van der Waals surface area contributed by atoms with Gasteiger partial charge in [-0.3, -0.25) is 5.32 Å². The Hall–Kier alpha value is 0.270. The van der Waals surface area contributed by atoms with E-state index in [1.54, 1.807) is 6.92 Å². The van der Waals surface area contributed by atoms with Crippen LogP contribution in [0, 0.1) is 0 Å². The fraction of sp³-hybridized carbons (Fsp3) is 1.00. The number of aliphatic hydroxyl groups excluding tert-OH is 1. The summed E-state index contributed by atoms with van der Waals surface area (Å²) in [5, 5.41) is 11.9. The minimum absolute atomic E-state index is 0.356. The van der Waals surface area contributed by atoms with E-state index in [1.165, 1.54) is 24.3 Å². The molecule has 0 aromatic rings. The van der Waals surface area contributed by atoms with Crippen molar-refractivity contribution in [3.05, 3.63) is 0 Å². The standard InChI is InChI=1S/C9H21NOS/c1-3-4-7-12-8-5-6-10-9(2)11/h9-11H,3-8H2,1-2H3. The molecule has 0 rings (SSSR count). The van der Waals surface area contributed by atoms with Crippen LogP contribution in [0.2, 0.25) is 0 Å². The van der Waals surface area contributed by atoms with Crippen molar-refractivity contribution < 1.29 is 5.11 Å². The molecule has 1 unspecified atom stereocenters. The Bertz CT molecular complexity index is 88.6. The number of hydrogen-bond acceptors (Lipinski definition) is 3. The Morgan fingerprint density at radius 2 is 2.00 bits per heavy atom. The summed E-state index contributed by atoms with van der Waals surface area (Å²) >= 11 is 2.01. The van der Waals surface area contributed by atoms with Gasteiger partial charge in [-0.2, -0.15) is 11.8 Å². The highest BCUT2D eigenvalue weighted by atomic mass is 32.2. The molecule has 0 amide bonds. The second-order valence-electron chi connectivity index (χ2n) is 2.95. The van der Waals surface area contributed by atoms with Crippen LogP contribution in [0.15, 0.2) is 0 Å². The van der Waals surface area contributed by atoms with Crippen LogP contribution in [-0.2, 0) is 0 Å². The monoisotopic (exact) mass is 191 g/mol. The molecule has 74 valence electrons. The molecule has 0 aromatic heterocycles. The lowest BCUT2D eigenvalue weighted by atomic mass is 10.4. The summed E-state index contributed by atoms with van der Waals surface area (Å²) in [7, 11) is 0. The smallest absolute Gasteiger partial charge is 0.102 e. The highest BCUT2D eigenvalue weighted by Crippen LogP contribution is 2.05. The Labute approximate surface area is 80.1 Å². The van der Waals surface area contributed by atoms with E-state index < -0.39 is 0 Å². The van der Waals surface area contributed by atoms with Crippen LogP contribution in [0.3, 0.4) is 0 Å². The lowest BCUT2D eigenvalue weighted by Gasteiger charge is -2.06. The molecule has 2 N–H and O–H groups in total. The molecular formula is C9H21NOS. The number of unbranched alkanes of at least 4 members (excludes halogenated alkanes) is 1. The predicted octanol–water partition coefficient (Wildman–Crippen LogP) is 1.84. The number of hydrogen-bond donors (Lipinski definition) is 2. The van der Waals surface area contributed by atoms with E-state index in [1.807, 2.05) is 11.8 Å². The summed E-state index contributed by atoms with van der Waals surface area (Å²) in [6, 6.07) is 0. The first-order valence-electron chi connectivity index (χ1n) is 4.76. The first-order valence-corrected chi connectivity index (χ1v) is 5.92. The number of thioether (sulfide) groups is 1. The average Bonchev–Trinajstić information content (AvgIpc) is 2.02. The van der Waals surface area contributed by atoms with Crippen LogP contribution >= 0.6 is 11.8 Å². The lowest BCUT2D eigenvalue weighted by Crippen LogP contribution is -2.26. The summed E-state index contributed by atoms with van der Waals surface area (Å²) in [5.74, 6) is 2.49. The van der Waals surface area contributed by atoms with Crippen LogP contribution in [0.4, 0.5) is 0 Å². The van der Waals surface area contributed by atoms with E-state index in [0.29, 0.717) is 0 Å². The van der Waals surface area contributed by atoms with Gasteiger partial charge in [0.1, 0.15) is 6.23 Å². The number of nitrogens with one attached hydrogen (secondary N) is 1. The van der Waals surface area contributed by atoms with Gasteiger partial charge in [-0.05, 0) is 37.8 Å². The minimum atomic E-state index is -0.356. The van der Waals surface area contributed by atoms with Crippen LogP contribution in [-0.4, -0.2) is 29.4 Å². The molecule has 0 bridgehead atoms. The molecule has 3 heteroatoms. The molecule has 2 nitrogen and oxygen atoms in total. The maximum atomic E-state index is 8.88. The van der Waals surface area contributed by atoms with E-state index >= 15 is 0 Å². The Kier molecular flexibility index (Phi) is 9.57. The van der Waals surface area contributed by atoms with Gasteiger partial charge in [0.2, 0.25) is 0 Å². The highest BCUT2D eigenvalue weighted by Gasteiger charge is 1.92. The summed E-state index contributed by atoms with van der Waals surface area (Å²) < 4.78 is 0. The van der Waals surface area contributed by atoms with E-state index in [-0.39, 0.29) is 6.23 Å². The van der Waals surface area contributed by atoms with E-state index in [4.69, 9.17) is 5.11 Å². The zero-order chi connectivity index (χ0) is 9.23. The van der Waals surface area contributed by atoms with Crippen molar-refractivity contribution in [1.82, 2.24) is 5.32 Å². The highest BCUT2D eigenvalue weighted by molar-refractivity contribution is 7.99. The Morgan fingerprint density at radius 1 is 1.33 bits per heavy atom. The second-order valence-corrected chi connectivity index (χ2v) is 4.17. The molecule has 12 heavy (non-hydrogen) atoms. The van der Waals surface area contributed by atoms with Gasteiger partial charge in [0.15, 0.2) is 0 Å². The van der Waals surface area contributed by atoms with Crippen molar-refractivity contribution in [2.75, 3.05) is 18.1 Å². The first kappa shape index (κ1) is 12.3. The van der Waals surface area contributed by atoms with Crippen molar-refractivity contribution in [3.63, 3.8) is 0 Å². The molecule has 0 saturated heterocycles. The molecule has 0 heterocycles. The van der Waals surface area contributed by atoms with Crippen molar-refractivity contribution in [2.24, 2.45) is 0 Å². The lowest BCUT2D eigenvalue weighted by molar-refractivity contribution is 0.157. The van der Waals surface area contributed by atoms with E-state index in [0.717, 1.165) is 13.0 Å². The van der Waals surface area contributed by atoms with Crippen LogP contribution < -0.4 is 5.32 Å². The van der Waals surface area contributed by atoms with Crippen molar-refractivity contribution in [3.8, 4) is 0 Å². The summed E-state index contributed by atoms with van der Waals surface area (Å²) in [4.78, 5) is 0. The number of rotatable bonds is 8. The van der Waals surface area contributed by atoms with Crippen molar-refractivity contribution in [1.29, 1.82) is 0 Å². The van der Waals surface area contributed by atoms with E-state index in [9.17, 15) is 0 Å². The van der Waals surface area contributed by atoms with Gasteiger partial charge >= 0.3 is 0 Å². The van der Waals surface area contributed by atoms with E-state index in [2.05, 4.69) is 12.2 Å². The third kappa shape index (κ3) is 10.3. The molecule has 0 aromatic carbocycles. The maximum absolute atomic E-state index is 8.88. The molecular weight excluding hydrogens is 170 g/mol. The Balaban J connectivity index is 2.82. The molecule has 0 radical (unpaired) electrons. The molecule has 0 spiro atoms. The molecule has 0 saturated carbocycles. The molecule has 0 aliphatic rings. The molecule has 0 fully saturated rings. The van der Waals surface area contributed by atoms with Crippen LogP contribution in [0.1, 0.15) is 33.1 Å². The van der Waals surface area contributed by atoms with Gasteiger partial charge in [-0.1, -0.05) is 13.3 Å². The summed E-state index contributed by atoms with van der Waals surface area (Å²) in [6.07, 6.45) is 3.41. The average molecular weight is 191 g/mol. The van der Waals surface area contributed by atoms with Gasteiger partial charge in [0.25, 0.3) is 0 Å². The van der Waals surface area contributed by atoms with Gasteiger partial charge in [0, 0.05) is 0 Å². The van der Waals surface area contributed by atoms with Gasteiger partial charge in [-0.25, -0.2) is 0 Å². The fourth-order valence-electron chi connectivity index (χ4n) is 0.834. The normalized spacial score (nSPS) is 13.2. The first-order chi connectivity index (χ1) is 5.77. The largest absolute Gasteiger partial charge is 0.379 e. The quantitative estimate of drug-likeness (QED) is 0.453. The zero-order valence-corrected chi connectivity index (χ0v) is 8.99. The van der Waals surface area contributed by atoms with Crippen LogP contribution in [0.25, 0.3) is 0 Å². The summed E-state index contributed by atoms with van der Waals surface area (Å²) in [5.41, 5.74) is 0. The zero-order valence-electron chi connectivity index (χ0n) is 8.18. The van der Waals surface area contributed by atoms with Crippen molar-refractivity contribution in [2.45, 2.75) is 39.3 Å². The molecule has 1 atom stereocenters. The predicted molar refractivity (Wildman–Crippen MR) is 56.5 cm³/mol. The second kappa shape index (κ2) is 9.36. The SMILES string of the molecule is CCCCSCCCNC(C)O. The minimum Gasteiger partial charge on any atom is -0.379 e. The summed E-state index contributed by atoms with van der Waals surface area (Å²) in [6.45, 7) is 4.90. The molecule has 0 aliphatic carbocycles. The molecule has 0 aliphatic heterocycles. The van der Waals surface area contributed by atoms with Gasteiger partial charge in [0.05, 0.1) is 0 Å². The van der Waals surface area contributed by atoms with Crippen molar-refractivity contribution >= 4 is 11.8 Å². The van der Waals surface area contributed by atoms with Gasteiger partial charge in [-0.15, -0.1) is 0 Å². The Morgan fingerprint density at radius 3 is 2.58 bits per heavy atom. The number of aliphatic hydroxyl groups is 1. The fourth-order valence-corrected chi connectivity index (χ4v) is 1.88. The maximum Gasteiger partial charge on any atom is 0.102 e. The van der Waals surface area contributed by atoms with Gasteiger partial charge < -0.3 is 5.11 Å².